The zero-order valence-corrected chi connectivity index (χ0v) is 12.6. The first-order chi connectivity index (χ1) is 8.92. The Labute approximate surface area is 116 Å². The highest BCUT2D eigenvalue weighted by Gasteiger charge is 2.18. The largest absolute Gasteiger partial charge is 0.480 e. The van der Waals surface area contributed by atoms with Crippen LogP contribution < -0.4 is 5.32 Å². The number of carboxylic acid groups (broad SMARTS) is 1. The van der Waals surface area contributed by atoms with Gasteiger partial charge >= 0.3 is 5.97 Å². The first-order valence-electron chi connectivity index (χ1n) is 7.16. The summed E-state index contributed by atoms with van der Waals surface area (Å²) in [5.41, 5.74) is 0. The molecule has 1 unspecified atom stereocenters. The number of carbonyl (C=O) groups excluding carboxylic acids is 1. The highest BCUT2D eigenvalue weighted by atomic mass is 16.4. The van der Waals surface area contributed by atoms with Crippen LogP contribution in [0, 0.1) is 5.92 Å². The summed E-state index contributed by atoms with van der Waals surface area (Å²) in [7, 11) is 0. The summed E-state index contributed by atoms with van der Waals surface area (Å²) in [4.78, 5) is 24.6. The zero-order chi connectivity index (χ0) is 14.8. The molecule has 0 aromatic rings. The Morgan fingerprint density at radius 2 is 1.79 bits per heavy atom. The van der Waals surface area contributed by atoms with E-state index in [0.29, 0.717) is 31.7 Å². The monoisotopic (exact) mass is 272 g/mol. The fourth-order valence-corrected chi connectivity index (χ4v) is 1.99. The van der Waals surface area contributed by atoms with E-state index in [9.17, 15) is 9.59 Å². The molecule has 0 aliphatic carbocycles. The number of aliphatic carboxylic acids is 1. The third-order valence-corrected chi connectivity index (χ3v) is 3.08. The molecule has 0 bridgehead atoms. The molecule has 0 saturated heterocycles. The first kappa shape index (κ1) is 17.9. The van der Waals surface area contributed by atoms with Crippen LogP contribution >= 0.6 is 0 Å². The molecule has 0 spiro atoms. The standard InChI is InChI=1S/C14H28N2O3/c1-5-16(6-2)13(17)8-7-9-15-12(14(18)19)10-11(3)4/h11-12,15H,5-10H2,1-4H3,(H,18,19). The number of hydrogen-bond donors (Lipinski definition) is 2. The summed E-state index contributed by atoms with van der Waals surface area (Å²) in [6.45, 7) is 9.95. The quantitative estimate of drug-likeness (QED) is 0.594. The van der Waals surface area contributed by atoms with Crippen LogP contribution in [0.1, 0.15) is 47.0 Å². The van der Waals surface area contributed by atoms with Gasteiger partial charge in [0.05, 0.1) is 0 Å². The normalized spacial score (nSPS) is 12.5. The second-order valence-electron chi connectivity index (χ2n) is 5.14. The van der Waals surface area contributed by atoms with Gasteiger partial charge in [0.25, 0.3) is 0 Å². The summed E-state index contributed by atoms with van der Waals surface area (Å²) in [6, 6.07) is -0.511. The molecule has 0 aromatic heterocycles. The average molecular weight is 272 g/mol. The van der Waals surface area contributed by atoms with Gasteiger partial charge in [0, 0.05) is 19.5 Å². The molecule has 5 heteroatoms. The van der Waals surface area contributed by atoms with E-state index >= 15 is 0 Å². The number of rotatable bonds is 10. The van der Waals surface area contributed by atoms with E-state index in [1.807, 2.05) is 27.7 Å². The SMILES string of the molecule is CCN(CC)C(=O)CCCNC(CC(C)C)C(=O)O. The van der Waals surface area contributed by atoms with Gasteiger partial charge in [0.2, 0.25) is 5.91 Å². The van der Waals surface area contributed by atoms with Crippen molar-refractivity contribution >= 4 is 11.9 Å². The van der Waals surface area contributed by atoms with Crippen LogP contribution in [0.15, 0.2) is 0 Å². The van der Waals surface area contributed by atoms with Gasteiger partial charge in [-0.15, -0.1) is 0 Å². The van der Waals surface area contributed by atoms with Crippen LogP contribution in [0.5, 0.6) is 0 Å². The Morgan fingerprint density at radius 3 is 2.21 bits per heavy atom. The van der Waals surface area contributed by atoms with Crippen molar-refractivity contribution in [3.05, 3.63) is 0 Å². The van der Waals surface area contributed by atoms with Gasteiger partial charge in [-0.2, -0.15) is 0 Å². The minimum absolute atomic E-state index is 0.141. The number of amides is 1. The van der Waals surface area contributed by atoms with Crippen LogP contribution in [-0.2, 0) is 9.59 Å². The molecule has 0 aliphatic rings. The van der Waals surface area contributed by atoms with E-state index in [-0.39, 0.29) is 5.91 Å². The molecular weight excluding hydrogens is 244 g/mol. The Hall–Kier alpha value is -1.10. The third-order valence-electron chi connectivity index (χ3n) is 3.08. The second kappa shape index (κ2) is 9.78. The third kappa shape index (κ3) is 7.82. The van der Waals surface area contributed by atoms with Crippen LogP contribution in [0.4, 0.5) is 0 Å². The zero-order valence-electron chi connectivity index (χ0n) is 12.6. The molecule has 0 aliphatic heterocycles. The molecule has 1 amide bonds. The van der Waals surface area contributed by atoms with Crippen LogP contribution in [0.2, 0.25) is 0 Å². The van der Waals surface area contributed by atoms with Gasteiger partial charge in [0.15, 0.2) is 0 Å². The van der Waals surface area contributed by atoms with Gasteiger partial charge in [-0.1, -0.05) is 13.8 Å². The Bertz CT molecular complexity index is 276. The lowest BCUT2D eigenvalue weighted by atomic mass is 10.0. The molecule has 0 aromatic carbocycles. The maximum atomic E-state index is 11.7. The number of nitrogens with zero attached hydrogens (tertiary/aromatic N) is 1. The van der Waals surface area contributed by atoms with Crippen molar-refractivity contribution in [2.24, 2.45) is 5.92 Å². The molecule has 0 heterocycles. The second-order valence-corrected chi connectivity index (χ2v) is 5.14. The van der Waals surface area contributed by atoms with Gasteiger partial charge in [-0.3, -0.25) is 9.59 Å². The van der Waals surface area contributed by atoms with Crippen molar-refractivity contribution in [1.29, 1.82) is 0 Å². The van der Waals surface area contributed by atoms with Gasteiger partial charge in [-0.25, -0.2) is 0 Å². The summed E-state index contributed by atoms with van der Waals surface area (Å²) >= 11 is 0. The lowest BCUT2D eigenvalue weighted by Crippen LogP contribution is -2.38. The van der Waals surface area contributed by atoms with Crippen molar-refractivity contribution in [2.75, 3.05) is 19.6 Å². The van der Waals surface area contributed by atoms with Crippen LogP contribution in [0.25, 0.3) is 0 Å². The predicted molar refractivity (Wildman–Crippen MR) is 76.0 cm³/mol. The molecule has 0 saturated carbocycles. The molecule has 19 heavy (non-hydrogen) atoms. The highest BCUT2D eigenvalue weighted by Crippen LogP contribution is 2.05. The maximum Gasteiger partial charge on any atom is 0.320 e. The van der Waals surface area contributed by atoms with Crippen molar-refractivity contribution < 1.29 is 14.7 Å². The molecular formula is C14H28N2O3. The van der Waals surface area contributed by atoms with Crippen LogP contribution in [-0.4, -0.2) is 47.6 Å². The van der Waals surface area contributed by atoms with E-state index in [1.165, 1.54) is 0 Å². The maximum absolute atomic E-state index is 11.7. The van der Waals surface area contributed by atoms with E-state index < -0.39 is 12.0 Å². The topological polar surface area (TPSA) is 69.6 Å². The highest BCUT2D eigenvalue weighted by molar-refractivity contribution is 5.76. The molecule has 0 radical (unpaired) electrons. The van der Waals surface area contributed by atoms with Gasteiger partial charge in [0.1, 0.15) is 6.04 Å². The summed E-state index contributed by atoms with van der Waals surface area (Å²) < 4.78 is 0. The fourth-order valence-electron chi connectivity index (χ4n) is 1.99. The molecule has 1 atom stereocenters. The van der Waals surface area contributed by atoms with Crippen molar-refractivity contribution in [1.82, 2.24) is 10.2 Å². The summed E-state index contributed by atoms with van der Waals surface area (Å²) in [5, 5.41) is 12.1. The first-order valence-corrected chi connectivity index (χ1v) is 7.16. The Kier molecular flexibility index (Phi) is 9.21. The molecule has 5 nitrogen and oxygen atoms in total. The van der Waals surface area contributed by atoms with Crippen molar-refractivity contribution in [3.63, 3.8) is 0 Å². The van der Waals surface area contributed by atoms with Crippen molar-refractivity contribution in [3.8, 4) is 0 Å². The number of hydrogen-bond acceptors (Lipinski definition) is 3. The number of carboxylic acids is 1. The van der Waals surface area contributed by atoms with E-state index in [0.717, 1.165) is 13.1 Å². The fraction of sp³-hybridized carbons (Fsp3) is 0.857. The summed E-state index contributed by atoms with van der Waals surface area (Å²) in [5.74, 6) is -0.336. The molecule has 112 valence electrons. The van der Waals surface area contributed by atoms with Gasteiger partial charge < -0.3 is 15.3 Å². The number of carbonyl (C=O) groups is 2. The van der Waals surface area contributed by atoms with E-state index in [1.54, 1.807) is 4.90 Å². The lowest BCUT2D eigenvalue weighted by Gasteiger charge is -2.19. The minimum atomic E-state index is -0.816. The van der Waals surface area contributed by atoms with Crippen LogP contribution in [0.3, 0.4) is 0 Å². The lowest BCUT2D eigenvalue weighted by molar-refractivity contribution is -0.139. The Balaban J connectivity index is 3.94. The summed E-state index contributed by atoms with van der Waals surface area (Å²) in [6.07, 6.45) is 1.76. The molecule has 0 rings (SSSR count). The molecule has 2 N–H and O–H groups in total. The average Bonchev–Trinajstić information content (AvgIpc) is 2.33. The Morgan fingerprint density at radius 1 is 1.21 bits per heavy atom. The van der Waals surface area contributed by atoms with Gasteiger partial charge in [-0.05, 0) is 39.2 Å². The smallest absolute Gasteiger partial charge is 0.320 e. The molecule has 0 fully saturated rings. The van der Waals surface area contributed by atoms with E-state index in [4.69, 9.17) is 5.11 Å². The minimum Gasteiger partial charge on any atom is -0.480 e. The number of nitrogens with one attached hydrogen (secondary N) is 1. The van der Waals surface area contributed by atoms with E-state index in [2.05, 4.69) is 5.32 Å². The van der Waals surface area contributed by atoms with Crippen molar-refractivity contribution in [2.45, 2.75) is 53.0 Å². The predicted octanol–water partition coefficient (Wildman–Crippen LogP) is 1.72.